The highest BCUT2D eigenvalue weighted by atomic mass is 16.8. The van der Waals surface area contributed by atoms with E-state index in [1.54, 1.807) is 42.5 Å². The molecular formula is C70H62O24. The van der Waals surface area contributed by atoms with E-state index in [1.807, 2.05) is 0 Å². The maximum atomic E-state index is 14.7. The first kappa shape index (κ1) is 64.6. The molecule has 0 N–H and O–H groups in total. The first-order valence-corrected chi connectivity index (χ1v) is 29.3. The number of fused-ring (bicyclic) bond motifs is 3. The minimum atomic E-state index is -1.94. The summed E-state index contributed by atoms with van der Waals surface area (Å²) in [5.74, 6) is -5.30. The maximum absolute atomic E-state index is 14.7. The number of carbonyl (C=O) groups excluding carboxylic acids is 7. The van der Waals surface area contributed by atoms with Crippen molar-refractivity contribution in [3.05, 3.63) is 221 Å². The van der Waals surface area contributed by atoms with Crippen LogP contribution >= 0.6 is 0 Å². The molecule has 11 rings (SSSR count). The average molecular weight is 1290 g/mol. The number of rotatable bonds is 24. The third kappa shape index (κ3) is 14.2. The van der Waals surface area contributed by atoms with Gasteiger partial charge in [0.25, 0.3) is 0 Å². The second kappa shape index (κ2) is 28.7. The van der Waals surface area contributed by atoms with Gasteiger partial charge >= 0.3 is 41.8 Å². The standard InChI is InChI=1S/C70H62O24/c1-78-46-21-7-39(8-22-46)61(71)85-37-54-57(90-65(75)42-13-27-49(81-4)28-14-42)58(91-66(76)43-15-29-50(82-5)30-16-43)59(92-67(77)44-17-31-51(83-6)32-18-44)69(88-54)93-68-55-53(35-36-84-68)56(60-70(55,94-60)38-86-62(72)40-9-23-47(79-2)24-10-40)89-64(74)45-19-33-52(34-20-45)87-63(73)41-11-25-48(80-3)26-12-41/h7-36,53-60,68-69H,37-38H2,1-6H3. The van der Waals surface area contributed by atoms with E-state index in [2.05, 4.69) is 0 Å². The van der Waals surface area contributed by atoms with Gasteiger partial charge in [-0.05, 0) is 176 Å². The van der Waals surface area contributed by atoms with E-state index in [-0.39, 0.29) is 44.7 Å². The van der Waals surface area contributed by atoms with Crippen LogP contribution in [0.5, 0.6) is 40.2 Å². The van der Waals surface area contributed by atoms with Crippen LogP contribution in [0.25, 0.3) is 0 Å². The van der Waals surface area contributed by atoms with E-state index in [0.29, 0.717) is 34.5 Å². The summed E-state index contributed by atoms with van der Waals surface area (Å²) in [6, 6.07) is 41.7. The van der Waals surface area contributed by atoms with Crippen molar-refractivity contribution in [2.45, 2.75) is 54.8 Å². The molecular weight excluding hydrogens is 1220 g/mol. The molecule has 0 aromatic heterocycles. The van der Waals surface area contributed by atoms with Crippen LogP contribution in [0, 0.1) is 11.8 Å². The van der Waals surface area contributed by atoms with Gasteiger partial charge in [-0.15, -0.1) is 0 Å². The van der Waals surface area contributed by atoms with Crippen LogP contribution in [0.1, 0.15) is 72.5 Å². The summed E-state index contributed by atoms with van der Waals surface area (Å²) < 4.78 is 101. The van der Waals surface area contributed by atoms with Gasteiger partial charge in [-0.25, -0.2) is 33.6 Å². The maximum Gasteiger partial charge on any atom is 0.343 e. The Labute approximate surface area is 537 Å². The van der Waals surface area contributed by atoms with Crippen LogP contribution in [0.4, 0.5) is 0 Å². The third-order valence-electron chi connectivity index (χ3n) is 16.1. The zero-order valence-electron chi connectivity index (χ0n) is 51.3. The number of esters is 7. The highest BCUT2D eigenvalue weighted by Crippen LogP contribution is 2.61. The third-order valence-corrected chi connectivity index (χ3v) is 16.1. The van der Waals surface area contributed by atoms with Gasteiger partial charge in [0.05, 0.1) is 93.8 Å². The van der Waals surface area contributed by atoms with E-state index < -0.39 is 122 Å². The number of carbonyl (C=O) groups is 7. The van der Waals surface area contributed by atoms with Crippen molar-refractivity contribution in [3.63, 3.8) is 0 Å². The Kier molecular flexibility index (Phi) is 19.7. The number of epoxide rings is 1. The van der Waals surface area contributed by atoms with E-state index in [9.17, 15) is 33.6 Å². The lowest BCUT2D eigenvalue weighted by molar-refractivity contribution is -0.342. The van der Waals surface area contributed by atoms with Crippen LogP contribution in [0.3, 0.4) is 0 Å². The topological polar surface area (TPSA) is 280 Å². The molecule has 11 unspecified atom stereocenters. The molecule has 0 radical (unpaired) electrons. The first-order valence-electron chi connectivity index (χ1n) is 29.3. The van der Waals surface area contributed by atoms with Crippen LogP contribution in [0.2, 0.25) is 0 Å². The lowest BCUT2D eigenvalue weighted by Crippen LogP contribution is -2.64. The number of methoxy groups -OCH3 is 6. The zero-order chi connectivity index (χ0) is 66.0. The minimum Gasteiger partial charge on any atom is -0.497 e. The second-order valence-electron chi connectivity index (χ2n) is 21.5. The van der Waals surface area contributed by atoms with Gasteiger partial charge in [0.1, 0.15) is 77.4 Å². The fourth-order valence-electron chi connectivity index (χ4n) is 11.1. The molecule has 3 fully saturated rings. The lowest BCUT2D eigenvalue weighted by Gasteiger charge is -2.46. The summed E-state index contributed by atoms with van der Waals surface area (Å²) in [6.07, 6.45) is -10.1. The van der Waals surface area contributed by atoms with Gasteiger partial charge in [0, 0.05) is 5.92 Å². The molecule has 24 nitrogen and oxygen atoms in total. The first-order chi connectivity index (χ1) is 45.6. The molecule has 486 valence electrons. The summed E-state index contributed by atoms with van der Waals surface area (Å²) >= 11 is 0. The van der Waals surface area contributed by atoms with E-state index in [0.717, 1.165) is 0 Å². The number of hydrogen-bond acceptors (Lipinski definition) is 24. The van der Waals surface area contributed by atoms with E-state index in [1.165, 1.54) is 182 Å². The molecule has 1 aliphatic carbocycles. The number of benzene rings is 7. The van der Waals surface area contributed by atoms with Crippen molar-refractivity contribution in [2.24, 2.45) is 11.8 Å². The van der Waals surface area contributed by atoms with Crippen molar-refractivity contribution >= 4 is 41.8 Å². The molecule has 4 aliphatic rings. The van der Waals surface area contributed by atoms with Crippen molar-refractivity contribution in [1.82, 2.24) is 0 Å². The zero-order valence-corrected chi connectivity index (χ0v) is 51.3. The Morgan fingerprint density at radius 1 is 0.372 bits per heavy atom. The van der Waals surface area contributed by atoms with Gasteiger partial charge in [0.15, 0.2) is 18.3 Å². The highest BCUT2D eigenvalue weighted by Gasteiger charge is 2.78. The molecule has 1 saturated carbocycles. The Bertz CT molecular complexity index is 3870. The normalized spacial score (nSPS) is 22.8. The average Bonchev–Trinajstić information content (AvgIpc) is 1.51. The van der Waals surface area contributed by atoms with Crippen LogP contribution < -0.4 is 33.2 Å². The van der Waals surface area contributed by atoms with E-state index >= 15 is 0 Å². The monoisotopic (exact) mass is 1290 g/mol. The largest absolute Gasteiger partial charge is 0.497 e. The van der Waals surface area contributed by atoms with Gasteiger partial charge < -0.3 is 80.5 Å². The van der Waals surface area contributed by atoms with Crippen LogP contribution in [0.15, 0.2) is 182 Å². The predicted octanol–water partition coefficient (Wildman–Crippen LogP) is 8.87. The quantitative estimate of drug-likeness (QED) is 0.0236. The Morgan fingerprint density at radius 3 is 1.12 bits per heavy atom. The Balaban J connectivity index is 0.960. The van der Waals surface area contributed by atoms with Crippen molar-refractivity contribution in [2.75, 3.05) is 55.9 Å². The van der Waals surface area contributed by atoms with Gasteiger partial charge in [0.2, 0.25) is 12.6 Å². The SMILES string of the molecule is COc1ccc(C(=O)OCC2OC(OC3OC=CC4C(OC(=O)c5ccc(OC(=O)c6ccc(OC)cc6)cc5)C5OC5(COC(=O)c5ccc(OC)cc5)C34)C(OC(=O)c3ccc(OC)cc3)C(OC(=O)c3ccc(OC)cc3)C2OC(=O)c2ccc(OC)cc2)cc1. The van der Waals surface area contributed by atoms with Gasteiger partial charge in [-0.1, -0.05) is 0 Å². The van der Waals surface area contributed by atoms with Crippen LogP contribution in [-0.2, 0) is 47.4 Å². The van der Waals surface area contributed by atoms with Gasteiger partial charge in [-0.2, -0.15) is 0 Å². The van der Waals surface area contributed by atoms with E-state index in [4.69, 9.17) is 80.5 Å². The molecule has 3 heterocycles. The fourth-order valence-corrected chi connectivity index (χ4v) is 11.1. The molecule has 11 atom stereocenters. The molecule has 24 heteroatoms. The number of ether oxygens (including phenoxy) is 17. The summed E-state index contributed by atoms with van der Waals surface area (Å²) in [5.41, 5.74) is -1.08. The van der Waals surface area contributed by atoms with Crippen molar-refractivity contribution in [3.8, 4) is 40.2 Å². The molecule has 7 aromatic rings. The molecule has 0 amide bonds. The minimum absolute atomic E-state index is 0.00894. The molecule has 0 spiro atoms. The molecule has 7 aromatic carbocycles. The second-order valence-corrected chi connectivity index (χ2v) is 21.5. The molecule has 3 aliphatic heterocycles. The van der Waals surface area contributed by atoms with Crippen molar-refractivity contribution in [1.29, 1.82) is 0 Å². The summed E-state index contributed by atoms with van der Waals surface area (Å²) in [5, 5.41) is 0. The molecule has 0 bridgehead atoms. The smallest absolute Gasteiger partial charge is 0.343 e. The lowest BCUT2D eigenvalue weighted by atomic mass is 9.85. The summed E-state index contributed by atoms with van der Waals surface area (Å²) in [6.45, 7) is -1.21. The van der Waals surface area contributed by atoms with Gasteiger partial charge in [-0.3, -0.25) is 0 Å². The predicted molar refractivity (Wildman–Crippen MR) is 325 cm³/mol. The Morgan fingerprint density at radius 2 is 0.713 bits per heavy atom. The fraction of sp³-hybridized carbons (Fsp3) is 0.271. The van der Waals surface area contributed by atoms with Crippen molar-refractivity contribution < 1.29 is 114 Å². The summed E-state index contributed by atoms with van der Waals surface area (Å²) in [4.78, 5) is 99.2. The summed E-state index contributed by atoms with van der Waals surface area (Å²) in [7, 11) is 8.75. The Hall–Kier alpha value is -11.0. The highest BCUT2D eigenvalue weighted by molar-refractivity contribution is 5.94. The molecule has 2 saturated heterocycles. The van der Waals surface area contributed by atoms with Crippen LogP contribution in [-0.4, -0.2) is 152 Å². The molecule has 94 heavy (non-hydrogen) atoms. The number of hydrogen-bond donors (Lipinski definition) is 0.